The zero-order chi connectivity index (χ0) is 12.8. The molecule has 0 radical (unpaired) electrons. The Morgan fingerprint density at radius 3 is 2.65 bits per heavy atom. The summed E-state index contributed by atoms with van der Waals surface area (Å²) in [5.41, 5.74) is 2.22. The third-order valence-corrected chi connectivity index (χ3v) is 2.63. The van der Waals surface area contributed by atoms with E-state index in [1.54, 1.807) is 0 Å². The van der Waals surface area contributed by atoms with Crippen molar-refractivity contribution in [2.75, 3.05) is 11.9 Å². The summed E-state index contributed by atoms with van der Waals surface area (Å²) in [6.07, 6.45) is 0.490. The lowest BCUT2D eigenvalue weighted by Gasteiger charge is -2.10. The van der Waals surface area contributed by atoms with Crippen LogP contribution in [0.2, 0.25) is 0 Å². The molecule has 0 saturated heterocycles. The van der Waals surface area contributed by atoms with Gasteiger partial charge in [-0.3, -0.25) is 4.79 Å². The average molecular weight is 299 g/mol. The molecule has 1 amide bonds. The Labute approximate surface area is 111 Å². The first-order valence-electron chi connectivity index (χ1n) is 5.78. The molecule has 0 aliphatic carbocycles. The predicted octanol–water partition coefficient (Wildman–Crippen LogP) is 3.08. The molecular weight excluding hydrogens is 280 g/mol. The summed E-state index contributed by atoms with van der Waals surface area (Å²) in [5, 5.41) is 6.10. The molecule has 1 aromatic carbocycles. The highest BCUT2D eigenvalue weighted by atomic mass is 79.9. The van der Waals surface area contributed by atoms with E-state index in [4.69, 9.17) is 0 Å². The van der Waals surface area contributed by atoms with Crippen molar-refractivity contribution in [2.24, 2.45) is 0 Å². The molecule has 0 atom stereocenters. The van der Waals surface area contributed by atoms with Crippen molar-refractivity contribution in [1.82, 2.24) is 5.32 Å². The number of carbonyl (C=O) groups is 1. The van der Waals surface area contributed by atoms with Gasteiger partial charge in [0, 0.05) is 29.2 Å². The molecular formula is C13H19BrN2O. The summed E-state index contributed by atoms with van der Waals surface area (Å²) in [6.45, 7) is 6.61. The van der Waals surface area contributed by atoms with Crippen LogP contribution in [-0.2, 0) is 4.79 Å². The van der Waals surface area contributed by atoms with Gasteiger partial charge < -0.3 is 10.6 Å². The van der Waals surface area contributed by atoms with E-state index in [2.05, 4.69) is 38.7 Å². The van der Waals surface area contributed by atoms with E-state index in [1.807, 2.05) is 26.8 Å². The van der Waals surface area contributed by atoms with Gasteiger partial charge >= 0.3 is 0 Å². The summed E-state index contributed by atoms with van der Waals surface area (Å²) < 4.78 is 1.05. The number of rotatable bonds is 5. The molecule has 0 heterocycles. The van der Waals surface area contributed by atoms with Gasteiger partial charge in [-0.1, -0.05) is 15.9 Å². The summed E-state index contributed by atoms with van der Waals surface area (Å²) in [4.78, 5) is 11.4. The lowest BCUT2D eigenvalue weighted by atomic mass is 10.2. The highest BCUT2D eigenvalue weighted by molar-refractivity contribution is 9.10. The van der Waals surface area contributed by atoms with Gasteiger partial charge in [0.1, 0.15) is 0 Å². The standard InChI is InChI=1S/C13H19BrN2O/c1-9(2)16-13(17)4-5-15-12-7-10(3)6-11(14)8-12/h6-9,15H,4-5H2,1-3H3,(H,16,17). The van der Waals surface area contributed by atoms with Crippen molar-refractivity contribution in [3.63, 3.8) is 0 Å². The van der Waals surface area contributed by atoms with Crippen molar-refractivity contribution < 1.29 is 4.79 Å². The molecule has 94 valence electrons. The molecule has 0 aliphatic rings. The average Bonchev–Trinajstić information content (AvgIpc) is 2.14. The van der Waals surface area contributed by atoms with Crippen molar-refractivity contribution in [2.45, 2.75) is 33.2 Å². The summed E-state index contributed by atoms with van der Waals surface area (Å²) >= 11 is 3.45. The van der Waals surface area contributed by atoms with E-state index in [-0.39, 0.29) is 11.9 Å². The summed E-state index contributed by atoms with van der Waals surface area (Å²) in [5.74, 6) is 0.0826. The topological polar surface area (TPSA) is 41.1 Å². The van der Waals surface area contributed by atoms with E-state index < -0.39 is 0 Å². The van der Waals surface area contributed by atoms with E-state index in [1.165, 1.54) is 5.56 Å². The summed E-state index contributed by atoms with van der Waals surface area (Å²) in [7, 11) is 0. The number of hydrogen-bond donors (Lipinski definition) is 2. The molecule has 0 saturated carbocycles. The minimum atomic E-state index is 0.0826. The fourth-order valence-electron chi connectivity index (χ4n) is 1.55. The number of carbonyl (C=O) groups excluding carboxylic acids is 1. The molecule has 0 unspecified atom stereocenters. The quantitative estimate of drug-likeness (QED) is 0.877. The maximum atomic E-state index is 11.4. The normalized spacial score (nSPS) is 10.4. The van der Waals surface area contributed by atoms with Gasteiger partial charge in [-0.25, -0.2) is 0 Å². The number of nitrogens with one attached hydrogen (secondary N) is 2. The zero-order valence-electron chi connectivity index (χ0n) is 10.5. The first-order valence-corrected chi connectivity index (χ1v) is 6.57. The third-order valence-electron chi connectivity index (χ3n) is 2.17. The molecule has 0 aromatic heterocycles. The molecule has 0 spiro atoms. The second-order valence-electron chi connectivity index (χ2n) is 4.42. The van der Waals surface area contributed by atoms with Crippen molar-refractivity contribution in [3.05, 3.63) is 28.2 Å². The minimum Gasteiger partial charge on any atom is -0.384 e. The molecule has 4 heteroatoms. The molecule has 2 N–H and O–H groups in total. The molecule has 0 bridgehead atoms. The van der Waals surface area contributed by atoms with E-state index in [0.29, 0.717) is 13.0 Å². The Balaban J connectivity index is 2.38. The van der Waals surface area contributed by atoms with Crippen LogP contribution in [0.25, 0.3) is 0 Å². The lowest BCUT2D eigenvalue weighted by Crippen LogP contribution is -2.31. The molecule has 3 nitrogen and oxygen atoms in total. The number of halogens is 1. The number of amides is 1. The van der Waals surface area contributed by atoms with Crippen LogP contribution in [0.4, 0.5) is 5.69 Å². The number of anilines is 1. The highest BCUT2D eigenvalue weighted by Gasteiger charge is 2.02. The SMILES string of the molecule is Cc1cc(Br)cc(NCCC(=O)NC(C)C)c1. The van der Waals surface area contributed by atoms with E-state index >= 15 is 0 Å². The number of hydrogen-bond acceptors (Lipinski definition) is 2. The fourth-order valence-corrected chi connectivity index (χ4v) is 2.16. The monoisotopic (exact) mass is 298 g/mol. The Morgan fingerprint density at radius 1 is 1.35 bits per heavy atom. The Hall–Kier alpha value is -1.03. The molecule has 1 aromatic rings. The Morgan fingerprint density at radius 2 is 2.06 bits per heavy atom. The second-order valence-corrected chi connectivity index (χ2v) is 5.33. The molecule has 17 heavy (non-hydrogen) atoms. The Kier molecular flexibility index (Phi) is 5.48. The largest absolute Gasteiger partial charge is 0.384 e. The van der Waals surface area contributed by atoms with Gasteiger partial charge in [-0.15, -0.1) is 0 Å². The smallest absolute Gasteiger partial charge is 0.221 e. The van der Waals surface area contributed by atoms with Gasteiger partial charge in [0.2, 0.25) is 5.91 Å². The van der Waals surface area contributed by atoms with Crippen LogP contribution in [0.3, 0.4) is 0 Å². The van der Waals surface area contributed by atoms with E-state index in [9.17, 15) is 4.79 Å². The van der Waals surface area contributed by atoms with Gasteiger partial charge in [0.25, 0.3) is 0 Å². The van der Waals surface area contributed by atoms with Crippen LogP contribution in [0, 0.1) is 6.92 Å². The van der Waals surface area contributed by atoms with Crippen molar-refractivity contribution >= 4 is 27.5 Å². The van der Waals surface area contributed by atoms with Crippen LogP contribution in [0.5, 0.6) is 0 Å². The predicted molar refractivity (Wildman–Crippen MR) is 75.3 cm³/mol. The zero-order valence-corrected chi connectivity index (χ0v) is 12.1. The van der Waals surface area contributed by atoms with Crippen LogP contribution < -0.4 is 10.6 Å². The molecule has 1 rings (SSSR count). The number of benzene rings is 1. The molecule has 0 aliphatic heterocycles. The maximum absolute atomic E-state index is 11.4. The van der Waals surface area contributed by atoms with Crippen molar-refractivity contribution in [1.29, 1.82) is 0 Å². The lowest BCUT2D eigenvalue weighted by molar-refractivity contribution is -0.121. The van der Waals surface area contributed by atoms with Crippen molar-refractivity contribution in [3.8, 4) is 0 Å². The van der Waals surface area contributed by atoms with Gasteiger partial charge in [0.15, 0.2) is 0 Å². The van der Waals surface area contributed by atoms with Crippen LogP contribution in [0.15, 0.2) is 22.7 Å². The summed E-state index contributed by atoms with van der Waals surface area (Å²) in [6, 6.07) is 6.32. The number of aryl methyl sites for hydroxylation is 1. The van der Waals surface area contributed by atoms with Gasteiger partial charge in [0.05, 0.1) is 0 Å². The van der Waals surface area contributed by atoms with Gasteiger partial charge in [-0.05, 0) is 44.5 Å². The molecule has 0 fully saturated rings. The first kappa shape index (κ1) is 14.0. The minimum absolute atomic E-state index is 0.0826. The second kappa shape index (κ2) is 6.64. The van der Waals surface area contributed by atoms with E-state index in [0.717, 1.165) is 10.2 Å². The van der Waals surface area contributed by atoms with Crippen LogP contribution >= 0.6 is 15.9 Å². The fraction of sp³-hybridized carbons (Fsp3) is 0.462. The maximum Gasteiger partial charge on any atom is 0.221 e. The van der Waals surface area contributed by atoms with Crippen LogP contribution in [-0.4, -0.2) is 18.5 Å². The van der Waals surface area contributed by atoms with Crippen LogP contribution in [0.1, 0.15) is 25.8 Å². The first-order chi connectivity index (χ1) is 7.97. The third kappa shape index (κ3) is 5.73. The highest BCUT2D eigenvalue weighted by Crippen LogP contribution is 2.18. The van der Waals surface area contributed by atoms with Gasteiger partial charge in [-0.2, -0.15) is 0 Å². The Bertz CT molecular complexity index is 371.